The van der Waals surface area contributed by atoms with Crippen molar-refractivity contribution < 1.29 is 4.79 Å². The number of hydrogen-bond acceptors (Lipinski definition) is 3. The van der Waals surface area contributed by atoms with Gasteiger partial charge in [0.2, 0.25) is 0 Å². The summed E-state index contributed by atoms with van der Waals surface area (Å²) in [6.45, 7) is 7.28. The van der Waals surface area contributed by atoms with Crippen LogP contribution in [0.1, 0.15) is 37.0 Å². The number of piperidine rings is 1. The second-order valence-corrected chi connectivity index (χ2v) is 6.36. The van der Waals surface area contributed by atoms with Crippen molar-refractivity contribution in [2.45, 2.75) is 32.7 Å². The van der Waals surface area contributed by atoms with Gasteiger partial charge in [0.05, 0.1) is 0 Å². The van der Waals surface area contributed by atoms with Crippen LogP contribution in [0.5, 0.6) is 0 Å². The number of amides is 1. The number of benzene rings is 1. The summed E-state index contributed by atoms with van der Waals surface area (Å²) in [4.78, 5) is 14.4. The van der Waals surface area contributed by atoms with Crippen LogP contribution in [0.15, 0.2) is 24.3 Å². The quantitative estimate of drug-likeness (QED) is 0.875. The monoisotopic (exact) mass is 289 g/mol. The van der Waals surface area contributed by atoms with Crippen molar-refractivity contribution in [1.29, 1.82) is 0 Å². The lowest BCUT2D eigenvalue weighted by atomic mass is 9.98. The molecule has 0 aromatic heterocycles. The molecule has 1 heterocycles. The zero-order valence-corrected chi connectivity index (χ0v) is 13.4. The first kappa shape index (κ1) is 15.8. The molecule has 0 spiro atoms. The van der Waals surface area contributed by atoms with Crippen LogP contribution in [-0.4, -0.2) is 43.5 Å². The number of hydrogen-bond donors (Lipinski definition) is 2. The first-order valence-electron chi connectivity index (χ1n) is 7.88. The molecular weight excluding hydrogens is 262 g/mol. The van der Waals surface area contributed by atoms with E-state index in [1.54, 1.807) is 0 Å². The molecule has 1 fully saturated rings. The number of anilines is 1. The van der Waals surface area contributed by atoms with Gasteiger partial charge in [-0.15, -0.1) is 0 Å². The zero-order valence-electron chi connectivity index (χ0n) is 13.4. The highest BCUT2D eigenvalue weighted by atomic mass is 16.1. The van der Waals surface area contributed by atoms with E-state index in [2.05, 4.69) is 22.6 Å². The maximum absolute atomic E-state index is 12.0. The summed E-state index contributed by atoms with van der Waals surface area (Å²) in [6.07, 6.45) is 2.56. The van der Waals surface area contributed by atoms with Crippen LogP contribution >= 0.6 is 0 Å². The van der Waals surface area contributed by atoms with Crippen molar-refractivity contribution in [3.05, 3.63) is 29.8 Å². The topological polar surface area (TPSA) is 44.4 Å². The summed E-state index contributed by atoms with van der Waals surface area (Å²) in [6, 6.07) is 7.91. The fourth-order valence-electron chi connectivity index (χ4n) is 2.82. The second-order valence-electron chi connectivity index (χ2n) is 6.36. The van der Waals surface area contributed by atoms with Crippen molar-refractivity contribution >= 4 is 11.6 Å². The Bertz CT molecular complexity index is 473. The van der Waals surface area contributed by atoms with Crippen LogP contribution < -0.4 is 10.6 Å². The van der Waals surface area contributed by atoms with Gasteiger partial charge in [-0.1, -0.05) is 6.07 Å². The molecule has 116 valence electrons. The molecule has 2 rings (SSSR count). The van der Waals surface area contributed by atoms with E-state index in [1.165, 1.54) is 19.4 Å². The lowest BCUT2D eigenvalue weighted by molar-refractivity contribution is 0.0943. The zero-order chi connectivity index (χ0) is 15.2. The van der Waals surface area contributed by atoms with Crippen molar-refractivity contribution in [2.75, 3.05) is 32.0 Å². The first-order chi connectivity index (χ1) is 10.0. The molecule has 1 aromatic rings. The van der Waals surface area contributed by atoms with Gasteiger partial charge < -0.3 is 15.5 Å². The average Bonchev–Trinajstić information content (AvgIpc) is 2.45. The Labute approximate surface area is 127 Å². The van der Waals surface area contributed by atoms with Gasteiger partial charge in [-0.3, -0.25) is 4.79 Å². The van der Waals surface area contributed by atoms with Gasteiger partial charge in [0.1, 0.15) is 0 Å². The van der Waals surface area contributed by atoms with Gasteiger partial charge in [-0.05, 0) is 64.4 Å². The minimum atomic E-state index is -0.00829. The first-order valence-corrected chi connectivity index (χ1v) is 7.88. The molecule has 4 heteroatoms. The molecule has 4 nitrogen and oxygen atoms in total. The maximum atomic E-state index is 12.0. The Morgan fingerprint density at radius 1 is 1.43 bits per heavy atom. The summed E-state index contributed by atoms with van der Waals surface area (Å²) in [5.74, 6) is 0.683. The molecule has 1 aliphatic rings. The summed E-state index contributed by atoms with van der Waals surface area (Å²) in [5.41, 5.74) is 1.74. The lowest BCUT2D eigenvalue weighted by Gasteiger charge is -2.30. The van der Waals surface area contributed by atoms with Crippen LogP contribution in [0, 0.1) is 5.92 Å². The summed E-state index contributed by atoms with van der Waals surface area (Å²) in [7, 11) is 2.18. The van der Waals surface area contributed by atoms with Crippen LogP contribution in [0.2, 0.25) is 0 Å². The SMILES string of the molecule is CC(C)NC(=O)c1cccc(NCC2CCCN(C)C2)c1. The number of nitrogens with one attached hydrogen (secondary N) is 2. The molecule has 0 aliphatic carbocycles. The average molecular weight is 289 g/mol. The predicted octanol–water partition coefficient (Wildman–Crippen LogP) is 2.58. The Morgan fingerprint density at radius 3 is 2.95 bits per heavy atom. The fraction of sp³-hybridized carbons (Fsp3) is 0.588. The van der Waals surface area contributed by atoms with Gasteiger partial charge in [0.25, 0.3) is 5.91 Å². The van der Waals surface area contributed by atoms with E-state index < -0.39 is 0 Å². The minimum Gasteiger partial charge on any atom is -0.385 e. The highest BCUT2D eigenvalue weighted by Gasteiger charge is 2.16. The molecular formula is C17H27N3O. The van der Waals surface area contributed by atoms with E-state index >= 15 is 0 Å². The van der Waals surface area contributed by atoms with E-state index in [9.17, 15) is 4.79 Å². The third kappa shape index (κ3) is 5.05. The van der Waals surface area contributed by atoms with E-state index in [4.69, 9.17) is 0 Å². The van der Waals surface area contributed by atoms with Crippen LogP contribution in [-0.2, 0) is 0 Å². The lowest BCUT2D eigenvalue weighted by Crippen LogP contribution is -2.35. The third-order valence-corrected chi connectivity index (χ3v) is 3.86. The number of carbonyl (C=O) groups excluding carboxylic acids is 1. The highest BCUT2D eigenvalue weighted by Crippen LogP contribution is 2.17. The molecule has 1 saturated heterocycles. The number of carbonyl (C=O) groups is 1. The van der Waals surface area contributed by atoms with Crippen molar-refractivity contribution in [2.24, 2.45) is 5.92 Å². The Hall–Kier alpha value is -1.55. The molecule has 1 atom stereocenters. The molecule has 2 N–H and O–H groups in total. The molecule has 0 bridgehead atoms. The standard InChI is InChI=1S/C17H27N3O/c1-13(2)19-17(21)15-7-4-8-16(10-15)18-11-14-6-5-9-20(3)12-14/h4,7-8,10,13-14,18H,5-6,9,11-12H2,1-3H3,(H,19,21). The highest BCUT2D eigenvalue weighted by molar-refractivity contribution is 5.95. The molecule has 21 heavy (non-hydrogen) atoms. The Morgan fingerprint density at radius 2 is 2.24 bits per heavy atom. The number of likely N-dealkylation sites (tertiary alicyclic amines) is 1. The van der Waals surface area contributed by atoms with E-state index in [0.29, 0.717) is 5.92 Å². The van der Waals surface area contributed by atoms with E-state index in [1.807, 2.05) is 38.1 Å². The predicted molar refractivity (Wildman–Crippen MR) is 87.8 cm³/mol. The molecule has 1 amide bonds. The molecule has 1 unspecified atom stereocenters. The van der Waals surface area contributed by atoms with Crippen molar-refractivity contribution in [1.82, 2.24) is 10.2 Å². The largest absolute Gasteiger partial charge is 0.385 e. The molecule has 1 aromatic carbocycles. The van der Waals surface area contributed by atoms with Gasteiger partial charge in [-0.2, -0.15) is 0 Å². The normalized spacial score (nSPS) is 19.5. The van der Waals surface area contributed by atoms with Crippen molar-refractivity contribution in [3.8, 4) is 0 Å². The van der Waals surface area contributed by atoms with Crippen LogP contribution in [0.4, 0.5) is 5.69 Å². The Balaban J connectivity index is 1.90. The molecule has 0 radical (unpaired) electrons. The Kier molecular flexibility index (Phi) is 5.62. The van der Waals surface area contributed by atoms with E-state index in [-0.39, 0.29) is 11.9 Å². The summed E-state index contributed by atoms with van der Waals surface area (Å²) in [5, 5.41) is 6.40. The van der Waals surface area contributed by atoms with Gasteiger partial charge in [-0.25, -0.2) is 0 Å². The van der Waals surface area contributed by atoms with Crippen molar-refractivity contribution in [3.63, 3.8) is 0 Å². The smallest absolute Gasteiger partial charge is 0.251 e. The van der Waals surface area contributed by atoms with Gasteiger partial charge in [0, 0.05) is 30.4 Å². The number of rotatable bonds is 5. The molecule has 1 aliphatic heterocycles. The third-order valence-electron chi connectivity index (χ3n) is 3.86. The summed E-state index contributed by atoms with van der Waals surface area (Å²) < 4.78 is 0. The van der Waals surface area contributed by atoms with Gasteiger partial charge >= 0.3 is 0 Å². The fourth-order valence-corrected chi connectivity index (χ4v) is 2.82. The van der Waals surface area contributed by atoms with Crippen LogP contribution in [0.3, 0.4) is 0 Å². The maximum Gasteiger partial charge on any atom is 0.251 e. The summed E-state index contributed by atoms with van der Waals surface area (Å²) >= 11 is 0. The van der Waals surface area contributed by atoms with E-state index in [0.717, 1.165) is 24.3 Å². The second kappa shape index (κ2) is 7.46. The minimum absolute atomic E-state index is 0.00829. The molecule has 0 saturated carbocycles. The van der Waals surface area contributed by atoms with Gasteiger partial charge in [0.15, 0.2) is 0 Å². The number of nitrogens with zero attached hydrogens (tertiary/aromatic N) is 1. The van der Waals surface area contributed by atoms with Crippen LogP contribution in [0.25, 0.3) is 0 Å².